The number of halogens is 3. The number of piperidine rings is 3. The smallest absolute Gasteiger partial charge is 0.447 e. The number of fused-ring (bicyclic) bond motifs is 3. The molecular weight excluding hydrogens is 419 g/mol. The molecular formula is C20H20F3N3O3S. The van der Waals surface area contributed by atoms with Crippen molar-refractivity contribution >= 4 is 28.8 Å². The lowest BCUT2D eigenvalue weighted by Crippen LogP contribution is -2.57. The summed E-state index contributed by atoms with van der Waals surface area (Å²) < 4.78 is 42.5. The topological polar surface area (TPSA) is 70.7 Å². The minimum absolute atomic E-state index is 0.00782. The third kappa shape index (κ3) is 4.76. The summed E-state index contributed by atoms with van der Waals surface area (Å²) in [5.74, 6) is -1.25. The summed E-state index contributed by atoms with van der Waals surface area (Å²) in [5.41, 5.74) is 0.00782. The molecule has 2 amide bonds. The van der Waals surface area contributed by atoms with Gasteiger partial charge in [0.2, 0.25) is 0 Å². The summed E-state index contributed by atoms with van der Waals surface area (Å²) >= 11 is 1.20. The van der Waals surface area contributed by atoms with E-state index < -0.39 is 12.1 Å². The molecule has 3 fully saturated rings. The summed E-state index contributed by atoms with van der Waals surface area (Å²) in [5, 5.41) is 5.38. The number of hydrogen-bond donors (Lipinski definition) is 2. The largest absolute Gasteiger partial charge is 0.471 e. The zero-order valence-corrected chi connectivity index (χ0v) is 16.7. The van der Waals surface area contributed by atoms with Gasteiger partial charge in [-0.05, 0) is 68.2 Å². The maximum atomic E-state index is 12.6. The van der Waals surface area contributed by atoms with Gasteiger partial charge in [0.25, 0.3) is 5.91 Å². The van der Waals surface area contributed by atoms with Crippen LogP contribution in [0.15, 0.2) is 36.4 Å². The van der Waals surface area contributed by atoms with Gasteiger partial charge in [-0.1, -0.05) is 11.3 Å². The Hall–Kier alpha value is -2.59. The van der Waals surface area contributed by atoms with E-state index in [2.05, 4.69) is 10.2 Å². The van der Waals surface area contributed by atoms with Crippen molar-refractivity contribution in [2.75, 3.05) is 25.0 Å². The normalized spacial score (nSPS) is 23.1. The van der Waals surface area contributed by atoms with Gasteiger partial charge in [0.1, 0.15) is 5.75 Å². The van der Waals surface area contributed by atoms with Gasteiger partial charge in [-0.25, -0.2) is 0 Å². The molecule has 4 heterocycles. The third-order valence-corrected chi connectivity index (χ3v) is 6.33. The van der Waals surface area contributed by atoms with Crippen molar-refractivity contribution in [3.8, 4) is 10.8 Å². The van der Waals surface area contributed by atoms with Gasteiger partial charge in [0.05, 0.1) is 4.88 Å². The first-order valence-corrected chi connectivity index (χ1v) is 10.4. The summed E-state index contributed by atoms with van der Waals surface area (Å²) in [6.45, 7) is 3.10. The number of thiophene rings is 1. The van der Waals surface area contributed by atoms with Crippen LogP contribution in [0.1, 0.15) is 22.5 Å². The molecule has 160 valence electrons. The highest BCUT2D eigenvalue weighted by Crippen LogP contribution is 2.32. The van der Waals surface area contributed by atoms with Gasteiger partial charge in [0.15, 0.2) is 5.06 Å². The summed E-state index contributed by atoms with van der Waals surface area (Å²) in [4.78, 5) is 26.4. The lowest BCUT2D eigenvalue weighted by molar-refractivity contribution is -0.167. The van der Waals surface area contributed by atoms with Crippen molar-refractivity contribution in [3.63, 3.8) is 0 Å². The van der Waals surface area contributed by atoms with Crippen LogP contribution >= 0.6 is 11.3 Å². The average Bonchev–Trinajstić information content (AvgIpc) is 3.18. The monoisotopic (exact) mass is 439 g/mol. The zero-order valence-electron chi connectivity index (χ0n) is 15.9. The first-order valence-electron chi connectivity index (χ1n) is 9.57. The number of carbonyl (C=O) groups excluding carboxylic acids is 2. The minimum atomic E-state index is -4.95. The Labute approximate surface area is 175 Å². The van der Waals surface area contributed by atoms with Crippen LogP contribution < -0.4 is 15.4 Å². The van der Waals surface area contributed by atoms with E-state index in [1.54, 1.807) is 17.4 Å². The second kappa shape index (κ2) is 8.27. The number of alkyl halides is 3. The molecule has 1 aromatic carbocycles. The highest BCUT2D eigenvalue weighted by Gasteiger charge is 2.38. The molecule has 3 aliphatic rings. The van der Waals surface area contributed by atoms with E-state index in [1.807, 2.05) is 0 Å². The van der Waals surface area contributed by atoms with E-state index in [9.17, 15) is 22.8 Å². The molecule has 1 aromatic heterocycles. The van der Waals surface area contributed by atoms with Gasteiger partial charge >= 0.3 is 12.1 Å². The number of anilines is 1. The Bertz CT molecular complexity index is 921. The molecule has 0 radical (unpaired) electrons. The van der Waals surface area contributed by atoms with Gasteiger partial charge in [-0.15, -0.1) is 0 Å². The van der Waals surface area contributed by atoms with Crippen LogP contribution in [0.5, 0.6) is 10.8 Å². The Morgan fingerprint density at radius 3 is 2.37 bits per heavy atom. The van der Waals surface area contributed by atoms with Gasteiger partial charge in [-0.2, -0.15) is 13.2 Å². The Morgan fingerprint density at radius 2 is 1.77 bits per heavy atom. The second-order valence-electron chi connectivity index (χ2n) is 7.41. The standard InChI is InChI=1S/C20H20F3N3O3S/c21-20(22,23)19(28)24-13-1-3-14(4-2-13)29-17-6-5-16(30-17)18(27)25-15-11-26-9-7-12(15)8-10-26/h1-6,12,15H,7-11H2,(H,24,28)(H,25,27)/t15-/m0/s1. The van der Waals surface area contributed by atoms with Crippen molar-refractivity contribution in [2.45, 2.75) is 25.1 Å². The fraction of sp³-hybridized carbons (Fsp3) is 0.400. The predicted octanol–water partition coefficient (Wildman–Crippen LogP) is 3.87. The van der Waals surface area contributed by atoms with E-state index in [-0.39, 0.29) is 17.6 Å². The molecule has 0 spiro atoms. The van der Waals surface area contributed by atoms with E-state index in [0.717, 1.165) is 32.5 Å². The van der Waals surface area contributed by atoms with E-state index in [1.165, 1.54) is 35.6 Å². The maximum absolute atomic E-state index is 12.6. The number of ether oxygens (including phenoxy) is 1. The van der Waals surface area contributed by atoms with Crippen molar-refractivity contribution in [1.82, 2.24) is 10.2 Å². The number of rotatable bonds is 5. The quantitative estimate of drug-likeness (QED) is 0.742. The van der Waals surface area contributed by atoms with Crippen LogP contribution in [0.3, 0.4) is 0 Å². The molecule has 0 unspecified atom stereocenters. The summed E-state index contributed by atoms with van der Waals surface area (Å²) in [6.07, 6.45) is -2.72. The lowest BCUT2D eigenvalue weighted by atomic mass is 9.84. The van der Waals surface area contributed by atoms with E-state index in [4.69, 9.17) is 4.74 Å². The SMILES string of the molecule is O=C(N[C@H]1CN2CCC1CC2)c1ccc(Oc2ccc(NC(=O)C(F)(F)F)cc2)s1. The average molecular weight is 439 g/mol. The number of amides is 2. The molecule has 0 saturated carbocycles. The first kappa shape index (κ1) is 20.7. The molecule has 2 aromatic rings. The van der Waals surface area contributed by atoms with E-state index in [0.29, 0.717) is 21.6 Å². The van der Waals surface area contributed by atoms with Crippen LogP contribution in [0.4, 0.5) is 18.9 Å². The first-order chi connectivity index (χ1) is 14.3. The van der Waals surface area contributed by atoms with Crippen molar-refractivity contribution in [1.29, 1.82) is 0 Å². The van der Waals surface area contributed by atoms with Crippen molar-refractivity contribution in [3.05, 3.63) is 41.3 Å². The molecule has 3 saturated heterocycles. The third-order valence-electron chi connectivity index (χ3n) is 5.37. The van der Waals surface area contributed by atoms with Crippen molar-refractivity contribution < 1.29 is 27.5 Å². The van der Waals surface area contributed by atoms with Gasteiger partial charge in [-0.3, -0.25) is 9.59 Å². The predicted molar refractivity (Wildman–Crippen MR) is 106 cm³/mol. The summed E-state index contributed by atoms with van der Waals surface area (Å²) in [6, 6.07) is 9.05. The van der Waals surface area contributed by atoms with Crippen LogP contribution in [0, 0.1) is 5.92 Å². The molecule has 3 aliphatic heterocycles. The fourth-order valence-electron chi connectivity index (χ4n) is 3.79. The highest BCUT2D eigenvalue weighted by molar-refractivity contribution is 7.15. The maximum Gasteiger partial charge on any atom is 0.471 e. The molecule has 0 aliphatic carbocycles. The molecule has 2 N–H and O–H groups in total. The van der Waals surface area contributed by atoms with Gasteiger partial charge < -0.3 is 20.3 Å². The molecule has 2 bridgehead atoms. The van der Waals surface area contributed by atoms with Crippen LogP contribution in [0.2, 0.25) is 0 Å². The van der Waals surface area contributed by atoms with Crippen LogP contribution in [-0.2, 0) is 4.79 Å². The Kier molecular flexibility index (Phi) is 5.70. The number of nitrogens with one attached hydrogen (secondary N) is 2. The summed E-state index contributed by atoms with van der Waals surface area (Å²) in [7, 11) is 0. The number of carbonyl (C=O) groups is 2. The van der Waals surface area contributed by atoms with Crippen LogP contribution in [-0.4, -0.2) is 48.6 Å². The number of hydrogen-bond acceptors (Lipinski definition) is 5. The molecule has 1 atom stereocenters. The highest BCUT2D eigenvalue weighted by atomic mass is 32.1. The lowest BCUT2D eigenvalue weighted by Gasteiger charge is -2.44. The second-order valence-corrected chi connectivity index (χ2v) is 8.46. The number of nitrogens with zero attached hydrogens (tertiary/aromatic N) is 1. The molecule has 10 heteroatoms. The molecule has 5 rings (SSSR count). The zero-order chi connectivity index (χ0) is 21.3. The van der Waals surface area contributed by atoms with Gasteiger partial charge in [0, 0.05) is 18.3 Å². The number of benzene rings is 1. The van der Waals surface area contributed by atoms with E-state index >= 15 is 0 Å². The van der Waals surface area contributed by atoms with Crippen molar-refractivity contribution in [2.24, 2.45) is 5.92 Å². The van der Waals surface area contributed by atoms with Crippen LogP contribution in [0.25, 0.3) is 0 Å². The fourth-order valence-corrected chi connectivity index (χ4v) is 4.57. The molecule has 6 nitrogen and oxygen atoms in total. The minimum Gasteiger partial charge on any atom is -0.447 e. The molecule has 30 heavy (non-hydrogen) atoms. The Morgan fingerprint density at radius 1 is 1.07 bits per heavy atom. The Balaban J connectivity index is 1.33.